The second-order valence-corrected chi connectivity index (χ2v) is 6.76. The van der Waals surface area contributed by atoms with Crippen LogP contribution in [0.2, 0.25) is 0 Å². The van der Waals surface area contributed by atoms with Crippen LogP contribution in [0.4, 0.5) is 16.4 Å². The van der Waals surface area contributed by atoms with E-state index >= 15 is 0 Å². The number of amides is 2. The Morgan fingerprint density at radius 3 is 2.85 bits per heavy atom. The summed E-state index contributed by atoms with van der Waals surface area (Å²) in [5.41, 5.74) is 1.94. The third-order valence-electron chi connectivity index (χ3n) is 4.82. The van der Waals surface area contributed by atoms with Crippen molar-refractivity contribution >= 4 is 17.7 Å². The van der Waals surface area contributed by atoms with Crippen molar-refractivity contribution in [3.8, 4) is 11.6 Å². The van der Waals surface area contributed by atoms with E-state index < -0.39 is 0 Å². The quantitative estimate of drug-likeness (QED) is 0.893. The van der Waals surface area contributed by atoms with Gasteiger partial charge in [0, 0.05) is 50.6 Å². The number of ether oxygens (including phenoxy) is 2. The molecule has 2 amide bonds. The van der Waals surface area contributed by atoms with E-state index in [-0.39, 0.29) is 12.1 Å². The van der Waals surface area contributed by atoms with Gasteiger partial charge >= 0.3 is 6.03 Å². The normalized spacial score (nSPS) is 18.7. The van der Waals surface area contributed by atoms with Gasteiger partial charge in [-0.1, -0.05) is 0 Å². The van der Waals surface area contributed by atoms with Crippen LogP contribution in [0, 0.1) is 0 Å². The number of hydrogen-bond acceptors (Lipinski definition) is 6. The first-order chi connectivity index (χ1) is 13.1. The minimum atomic E-state index is -0.0897. The molecule has 8 heteroatoms. The highest BCUT2D eigenvalue weighted by Gasteiger charge is 2.24. The van der Waals surface area contributed by atoms with E-state index in [0.717, 1.165) is 23.4 Å². The van der Waals surface area contributed by atoms with Crippen molar-refractivity contribution in [2.24, 2.45) is 0 Å². The molecule has 2 aliphatic rings. The van der Waals surface area contributed by atoms with Crippen LogP contribution in [0.5, 0.6) is 11.6 Å². The predicted octanol–water partition coefficient (Wildman–Crippen LogP) is 2.16. The van der Waals surface area contributed by atoms with Gasteiger partial charge in [0.1, 0.15) is 11.9 Å². The molecule has 1 saturated heterocycles. The van der Waals surface area contributed by atoms with Crippen LogP contribution >= 0.6 is 0 Å². The molecule has 1 aromatic heterocycles. The van der Waals surface area contributed by atoms with E-state index in [9.17, 15) is 4.79 Å². The fraction of sp³-hybridized carbons (Fsp3) is 0.421. The summed E-state index contributed by atoms with van der Waals surface area (Å²) < 4.78 is 10.9. The second kappa shape index (κ2) is 7.30. The number of fused-ring (bicyclic) bond motifs is 1. The van der Waals surface area contributed by atoms with Crippen LogP contribution in [0.25, 0.3) is 0 Å². The van der Waals surface area contributed by atoms with Gasteiger partial charge < -0.3 is 24.6 Å². The van der Waals surface area contributed by atoms with Crippen molar-refractivity contribution < 1.29 is 14.3 Å². The van der Waals surface area contributed by atoms with E-state index in [4.69, 9.17) is 9.47 Å². The summed E-state index contributed by atoms with van der Waals surface area (Å²) in [6, 6.07) is 7.43. The summed E-state index contributed by atoms with van der Waals surface area (Å²) in [6.07, 6.45) is 2.74. The molecule has 1 atom stereocenters. The van der Waals surface area contributed by atoms with Gasteiger partial charge in [-0.15, -0.1) is 0 Å². The lowest BCUT2D eigenvalue weighted by molar-refractivity contribution is 0.208. The Morgan fingerprint density at radius 2 is 2.07 bits per heavy atom. The van der Waals surface area contributed by atoms with Crippen molar-refractivity contribution in [1.82, 2.24) is 14.9 Å². The molecule has 0 radical (unpaired) electrons. The third-order valence-corrected chi connectivity index (χ3v) is 4.82. The molecule has 2 aromatic rings. The van der Waals surface area contributed by atoms with E-state index in [0.29, 0.717) is 38.0 Å². The highest BCUT2D eigenvalue weighted by Crippen LogP contribution is 2.31. The fourth-order valence-corrected chi connectivity index (χ4v) is 3.41. The van der Waals surface area contributed by atoms with Crippen LogP contribution < -0.4 is 19.7 Å². The van der Waals surface area contributed by atoms with Crippen LogP contribution in [0.1, 0.15) is 12.5 Å². The number of nitrogens with zero attached hydrogens (tertiary/aromatic N) is 4. The SMILES string of the molecule is COc1ccnc(N2CCN(C(=O)Nc3ccc4c(c3)C[C@H](C)O4)CC2)n1. The number of aromatic nitrogens is 2. The molecule has 3 heterocycles. The van der Waals surface area contributed by atoms with Crippen LogP contribution in [-0.2, 0) is 6.42 Å². The van der Waals surface area contributed by atoms with Crippen molar-refractivity contribution in [2.45, 2.75) is 19.4 Å². The number of anilines is 2. The molecule has 142 valence electrons. The monoisotopic (exact) mass is 369 g/mol. The number of hydrogen-bond donors (Lipinski definition) is 1. The standard InChI is InChI=1S/C19H23N5O3/c1-13-11-14-12-15(3-4-16(14)27-13)21-19(25)24-9-7-23(8-10-24)18-20-6-5-17(22-18)26-2/h3-6,12-13H,7-11H2,1-2H3,(H,21,25)/t13-/m0/s1. The molecule has 1 fully saturated rings. The lowest BCUT2D eigenvalue weighted by atomic mass is 10.1. The Kier molecular flexibility index (Phi) is 4.70. The first kappa shape index (κ1) is 17.4. The molecular weight excluding hydrogens is 346 g/mol. The van der Waals surface area contributed by atoms with E-state index in [1.807, 2.05) is 30.0 Å². The molecule has 0 bridgehead atoms. The topological polar surface area (TPSA) is 79.8 Å². The van der Waals surface area contributed by atoms with Gasteiger partial charge in [0.2, 0.25) is 11.8 Å². The molecular formula is C19H23N5O3. The number of benzene rings is 1. The Morgan fingerprint density at radius 1 is 1.26 bits per heavy atom. The van der Waals surface area contributed by atoms with Gasteiger partial charge in [0.15, 0.2) is 0 Å². The third kappa shape index (κ3) is 3.74. The Hall–Kier alpha value is -3.03. The van der Waals surface area contributed by atoms with Crippen molar-refractivity contribution in [2.75, 3.05) is 43.5 Å². The van der Waals surface area contributed by atoms with Crippen molar-refractivity contribution in [3.63, 3.8) is 0 Å². The molecule has 4 rings (SSSR count). The zero-order valence-electron chi connectivity index (χ0n) is 15.5. The number of urea groups is 1. The molecule has 0 spiro atoms. The summed E-state index contributed by atoms with van der Waals surface area (Å²) in [7, 11) is 1.58. The number of methoxy groups -OCH3 is 1. The largest absolute Gasteiger partial charge is 0.490 e. The highest BCUT2D eigenvalue weighted by atomic mass is 16.5. The maximum atomic E-state index is 12.6. The van der Waals surface area contributed by atoms with Crippen LogP contribution in [0.3, 0.4) is 0 Å². The summed E-state index contributed by atoms with van der Waals surface area (Å²) >= 11 is 0. The smallest absolute Gasteiger partial charge is 0.321 e. The molecule has 0 unspecified atom stereocenters. The summed E-state index contributed by atoms with van der Waals surface area (Å²) in [5, 5.41) is 2.99. The summed E-state index contributed by atoms with van der Waals surface area (Å²) in [4.78, 5) is 25.1. The average molecular weight is 369 g/mol. The number of rotatable bonds is 3. The predicted molar refractivity (Wildman–Crippen MR) is 102 cm³/mol. The molecule has 27 heavy (non-hydrogen) atoms. The minimum absolute atomic E-state index is 0.0897. The molecule has 0 saturated carbocycles. The second-order valence-electron chi connectivity index (χ2n) is 6.76. The van der Waals surface area contributed by atoms with E-state index in [1.165, 1.54) is 0 Å². The fourth-order valence-electron chi connectivity index (χ4n) is 3.41. The summed E-state index contributed by atoms with van der Waals surface area (Å²) in [6.45, 7) is 4.62. The lowest BCUT2D eigenvalue weighted by Crippen LogP contribution is -2.50. The van der Waals surface area contributed by atoms with Gasteiger partial charge in [-0.2, -0.15) is 4.98 Å². The average Bonchev–Trinajstić information content (AvgIpc) is 3.07. The van der Waals surface area contributed by atoms with E-state index in [2.05, 4.69) is 20.2 Å². The maximum Gasteiger partial charge on any atom is 0.321 e. The first-order valence-electron chi connectivity index (χ1n) is 9.10. The molecule has 8 nitrogen and oxygen atoms in total. The highest BCUT2D eigenvalue weighted by molar-refractivity contribution is 5.89. The summed E-state index contributed by atoms with van der Waals surface area (Å²) in [5.74, 6) is 2.07. The first-order valence-corrected chi connectivity index (χ1v) is 9.10. The van der Waals surface area contributed by atoms with Crippen LogP contribution in [-0.4, -0.2) is 60.3 Å². The van der Waals surface area contributed by atoms with Gasteiger partial charge in [-0.05, 0) is 30.7 Å². The number of nitrogens with one attached hydrogen (secondary N) is 1. The zero-order valence-corrected chi connectivity index (χ0v) is 15.5. The van der Waals surface area contributed by atoms with Crippen molar-refractivity contribution in [1.29, 1.82) is 0 Å². The molecule has 2 aliphatic heterocycles. The minimum Gasteiger partial charge on any atom is -0.490 e. The zero-order chi connectivity index (χ0) is 18.8. The number of piperazine rings is 1. The Bertz CT molecular complexity index is 836. The number of carbonyl (C=O) groups excluding carboxylic acids is 1. The van der Waals surface area contributed by atoms with Gasteiger partial charge in [-0.3, -0.25) is 0 Å². The van der Waals surface area contributed by atoms with E-state index in [1.54, 1.807) is 19.4 Å². The lowest BCUT2D eigenvalue weighted by Gasteiger charge is -2.34. The molecule has 1 N–H and O–H groups in total. The number of carbonyl (C=O) groups is 1. The van der Waals surface area contributed by atoms with Gasteiger partial charge in [0.25, 0.3) is 0 Å². The van der Waals surface area contributed by atoms with Crippen LogP contribution in [0.15, 0.2) is 30.5 Å². The van der Waals surface area contributed by atoms with Gasteiger partial charge in [0.05, 0.1) is 7.11 Å². The Labute approximate surface area is 158 Å². The molecule has 0 aliphatic carbocycles. The molecule has 1 aromatic carbocycles. The van der Waals surface area contributed by atoms with Crippen molar-refractivity contribution in [3.05, 3.63) is 36.0 Å². The maximum absolute atomic E-state index is 12.6. The Balaban J connectivity index is 1.34. The van der Waals surface area contributed by atoms with Gasteiger partial charge in [-0.25, -0.2) is 9.78 Å².